The molecule has 2 heterocycles. The van der Waals surface area contributed by atoms with E-state index in [1.165, 1.54) is 16.9 Å². The van der Waals surface area contributed by atoms with Crippen molar-refractivity contribution in [2.45, 2.75) is 13.5 Å². The summed E-state index contributed by atoms with van der Waals surface area (Å²) in [5.74, 6) is 0.368. The first kappa shape index (κ1) is 11.7. The second kappa shape index (κ2) is 5.07. The second-order valence-electron chi connectivity index (χ2n) is 3.70. The third kappa shape index (κ3) is 2.51. The number of likely N-dealkylation sites (N-methyl/N-ethyl adjacent to an activating group) is 1. The minimum absolute atomic E-state index is 0.0947. The zero-order chi connectivity index (χ0) is 12.3. The molecule has 0 atom stereocenters. The second-order valence-corrected chi connectivity index (χ2v) is 3.70. The smallest absolute Gasteiger partial charge is 0.274 e. The van der Waals surface area contributed by atoms with Gasteiger partial charge in [0.2, 0.25) is 0 Å². The lowest BCUT2D eigenvalue weighted by atomic mass is 10.3. The summed E-state index contributed by atoms with van der Waals surface area (Å²) in [6, 6.07) is 1.48. The van der Waals surface area contributed by atoms with Crippen molar-refractivity contribution in [2.75, 3.05) is 19.7 Å². The molecule has 7 heteroatoms. The Morgan fingerprint density at radius 1 is 1.59 bits per heavy atom. The molecule has 0 aliphatic carbocycles. The van der Waals surface area contributed by atoms with Crippen molar-refractivity contribution in [1.29, 1.82) is 0 Å². The van der Waals surface area contributed by atoms with E-state index in [2.05, 4.69) is 15.1 Å². The van der Waals surface area contributed by atoms with Gasteiger partial charge in [0, 0.05) is 19.2 Å². The van der Waals surface area contributed by atoms with Crippen LogP contribution in [-0.4, -0.2) is 49.3 Å². The lowest BCUT2D eigenvalue weighted by Crippen LogP contribution is -2.28. The number of aliphatic hydroxyl groups excluding tert-OH is 1. The average Bonchev–Trinajstić information content (AvgIpc) is 2.77. The molecular weight excluding hydrogens is 222 g/mol. The molecule has 0 aliphatic heterocycles. The van der Waals surface area contributed by atoms with Gasteiger partial charge in [0.05, 0.1) is 12.3 Å². The van der Waals surface area contributed by atoms with Crippen LogP contribution in [0.25, 0.3) is 5.78 Å². The Morgan fingerprint density at radius 2 is 2.41 bits per heavy atom. The normalized spacial score (nSPS) is 11.5. The van der Waals surface area contributed by atoms with Gasteiger partial charge in [-0.2, -0.15) is 4.52 Å². The van der Waals surface area contributed by atoms with E-state index in [1.54, 1.807) is 0 Å². The van der Waals surface area contributed by atoms with Crippen LogP contribution in [0.1, 0.15) is 12.6 Å². The number of hydrogen-bond acceptors (Lipinski definition) is 5. The topological polar surface area (TPSA) is 86.5 Å². The fourth-order valence-corrected chi connectivity index (χ4v) is 1.67. The number of nitrogens with zero attached hydrogens (tertiary/aromatic N) is 4. The molecular formula is C10H15N5O2. The van der Waals surface area contributed by atoms with Gasteiger partial charge in [-0.3, -0.25) is 14.8 Å². The van der Waals surface area contributed by atoms with Crippen LogP contribution >= 0.6 is 0 Å². The molecule has 0 amide bonds. The van der Waals surface area contributed by atoms with Gasteiger partial charge in [-0.1, -0.05) is 6.92 Å². The van der Waals surface area contributed by atoms with Gasteiger partial charge < -0.3 is 5.11 Å². The van der Waals surface area contributed by atoms with Gasteiger partial charge in [-0.25, -0.2) is 9.97 Å². The van der Waals surface area contributed by atoms with Crippen molar-refractivity contribution >= 4 is 5.78 Å². The van der Waals surface area contributed by atoms with E-state index < -0.39 is 0 Å². The Bertz CT molecular complexity index is 547. The molecule has 0 aliphatic rings. The van der Waals surface area contributed by atoms with Gasteiger partial charge in [0.15, 0.2) is 0 Å². The van der Waals surface area contributed by atoms with E-state index in [-0.39, 0.29) is 12.2 Å². The molecule has 7 nitrogen and oxygen atoms in total. The fourth-order valence-electron chi connectivity index (χ4n) is 1.67. The molecule has 2 aromatic heterocycles. The minimum Gasteiger partial charge on any atom is -0.395 e. The van der Waals surface area contributed by atoms with E-state index in [0.717, 1.165) is 6.54 Å². The quantitative estimate of drug-likeness (QED) is 0.713. The highest BCUT2D eigenvalue weighted by Gasteiger charge is 2.07. The molecule has 0 unspecified atom stereocenters. The van der Waals surface area contributed by atoms with Crippen LogP contribution in [-0.2, 0) is 6.54 Å². The Balaban J connectivity index is 2.26. The molecule has 0 aromatic carbocycles. The molecule has 92 valence electrons. The van der Waals surface area contributed by atoms with Crippen molar-refractivity contribution in [2.24, 2.45) is 0 Å². The van der Waals surface area contributed by atoms with E-state index in [9.17, 15) is 4.79 Å². The highest BCUT2D eigenvalue weighted by Crippen LogP contribution is 2.00. The molecule has 0 bridgehead atoms. The zero-order valence-electron chi connectivity index (χ0n) is 9.63. The fraction of sp³-hybridized carbons (Fsp3) is 0.500. The van der Waals surface area contributed by atoms with Gasteiger partial charge in [-0.05, 0) is 6.54 Å². The first-order valence-electron chi connectivity index (χ1n) is 5.50. The summed E-state index contributed by atoms with van der Waals surface area (Å²) in [7, 11) is 0. The largest absolute Gasteiger partial charge is 0.395 e. The standard InChI is InChI=1S/C10H15N5O2/c1-2-14(3-4-16)6-8-5-9(17)15-10(13-8)11-7-12-15/h5,7,16H,2-4,6H2,1H3,(H,11,12,13). The number of H-pyrrole nitrogens is 1. The molecule has 0 saturated carbocycles. The number of rotatable bonds is 5. The molecule has 0 saturated heterocycles. The van der Waals surface area contributed by atoms with Gasteiger partial charge in [-0.15, -0.1) is 0 Å². The van der Waals surface area contributed by atoms with Crippen LogP contribution in [0.3, 0.4) is 0 Å². The van der Waals surface area contributed by atoms with Crippen LogP contribution < -0.4 is 5.56 Å². The summed E-state index contributed by atoms with van der Waals surface area (Å²) < 4.78 is 1.28. The number of aliphatic hydroxyl groups is 1. The predicted molar refractivity (Wildman–Crippen MR) is 61.6 cm³/mol. The highest BCUT2D eigenvalue weighted by atomic mass is 16.3. The van der Waals surface area contributed by atoms with E-state index in [0.29, 0.717) is 24.6 Å². The van der Waals surface area contributed by atoms with Crippen molar-refractivity contribution in [3.63, 3.8) is 0 Å². The first-order chi connectivity index (χ1) is 8.24. The maximum atomic E-state index is 11.7. The summed E-state index contributed by atoms with van der Waals surface area (Å²) in [6.07, 6.45) is 1.43. The van der Waals surface area contributed by atoms with Crippen molar-refractivity contribution < 1.29 is 5.11 Å². The van der Waals surface area contributed by atoms with Crippen LogP contribution in [0, 0.1) is 0 Å². The summed E-state index contributed by atoms with van der Waals surface area (Å²) in [4.78, 5) is 21.9. The monoisotopic (exact) mass is 237 g/mol. The average molecular weight is 237 g/mol. The number of fused-ring (bicyclic) bond motifs is 1. The molecule has 0 radical (unpaired) electrons. The molecule has 0 fully saturated rings. The van der Waals surface area contributed by atoms with E-state index >= 15 is 0 Å². The summed E-state index contributed by atoms with van der Waals surface area (Å²) in [5, 5.41) is 11.6. The number of aromatic amines is 1. The van der Waals surface area contributed by atoms with Crippen LogP contribution in [0.15, 0.2) is 17.2 Å². The third-order valence-corrected chi connectivity index (χ3v) is 2.57. The lowest BCUT2D eigenvalue weighted by molar-refractivity contribution is 0.195. The number of aromatic nitrogens is 4. The molecule has 2 rings (SSSR count). The molecule has 0 spiro atoms. The van der Waals surface area contributed by atoms with Crippen LogP contribution in [0.4, 0.5) is 0 Å². The van der Waals surface area contributed by atoms with Gasteiger partial charge in [0.25, 0.3) is 11.3 Å². The Labute approximate surface area is 97.7 Å². The minimum atomic E-state index is -0.178. The first-order valence-corrected chi connectivity index (χ1v) is 5.50. The lowest BCUT2D eigenvalue weighted by Gasteiger charge is -2.17. The SMILES string of the molecule is CCN(CCO)Cc1cc(=O)n2[nH]cnc2n1. The van der Waals surface area contributed by atoms with E-state index in [1.807, 2.05) is 11.8 Å². The molecule has 2 N–H and O–H groups in total. The zero-order valence-corrected chi connectivity index (χ0v) is 9.63. The summed E-state index contributed by atoms with van der Waals surface area (Å²) in [6.45, 7) is 3.99. The maximum absolute atomic E-state index is 11.7. The number of nitrogens with one attached hydrogen (secondary N) is 1. The summed E-state index contributed by atoms with van der Waals surface area (Å²) in [5.41, 5.74) is 0.486. The third-order valence-electron chi connectivity index (χ3n) is 2.57. The van der Waals surface area contributed by atoms with Gasteiger partial charge >= 0.3 is 0 Å². The van der Waals surface area contributed by atoms with Crippen LogP contribution in [0.2, 0.25) is 0 Å². The predicted octanol–water partition coefficient (Wildman–Crippen LogP) is -0.768. The van der Waals surface area contributed by atoms with E-state index in [4.69, 9.17) is 5.11 Å². The highest BCUT2D eigenvalue weighted by molar-refractivity contribution is 5.25. The maximum Gasteiger partial charge on any atom is 0.274 e. The molecule has 2 aromatic rings. The van der Waals surface area contributed by atoms with Crippen molar-refractivity contribution in [1.82, 2.24) is 24.5 Å². The summed E-state index contributed by atoms with van der Waals surface area (Å²) >= 11 is 0. The Morgan fingerprint density at radius 3 is 3.12 bits per heavy atom. The Hall–Kier alpha value is -1.73. The Kier molecular flexibility index (Phi) is 3.50. The van der Waals surface area contributed by atoms with Crippen molar-refractivity contribution in [3.8, 4) is 0 Å². The molecule has 17 heavy (non-hydrogen) atoms. The number of hydrogen-bond donors (Lipinski definition) is 2. The van der Waals surface area contributed by atoms with Crippen molar-refractivity contribution in [3.05, 3.63) is 28.4 Å². The van der Waals surface area contributed by atoms with Gasteiger partial charge in [0.1, 0.15) is 6.33 Å². The van der Waals surface area contributed by atoms with Crippen LogP contribution in [0.5, 0.6) is 0 Å².